The van der Waals surface area contributed by atoms with Crippen LogP contribution in [-0.4, -0.2) is 30.9 Å². The van der Waals surface area contributed by atoms with E-state index in [4.69, 9.17) is 21.1 Å². The number of Topliss-reactive ketones (excluding diaryl/α,β-unsaturated/α-hetero) is 1. The second kappa shape index (κ2) is 10.5. The largest absolute Gasteiger partial charge is 0.494 e. The van der Waals surface area contributed by atoms with Crippen LogP contribution >= 0.6 is 11.6 Å². The standard InChI is InChI=1S/C21H22ClNO5/c1-14-12-18(9-10-19(14)22)27-11-3-4-21(26)28-13-20(25)23-17-7-5-16(6-8-17)15(2)24/h5-10,12H,3-4,11,13H2,1-2H3,(H,23,25). The monoisotopic (exact) mass is 403 g/mol. The van der Waals surface area contributed by atoms with Gasteiger partial charge in [0.25, 0.3) is 5.91 Å². The maximum Gasteiger partial charge on any atom is 0.306 e. The van der Waals surface area contributed by atoms with Crippen LogP contribution < -0.4 is 10.1 Å². The molecule has 7 heteroatoms. The predicted molar refractivity (Wildman–Crippen MR) is 107 cm³/mol. The van der Waals surface area contributed by atoms with Crippen LogP contribution in [0.25, 0.3) is 0 Å². The van der Waals surface area contributed by atoms with E-state index in [0.29, 0.717) is 35.1 Å². The number of amides is 1. The summed E-state index contributed by atoms with van der Waals surface area (Å²) >= 11 is 5.95. The first kappa shape index (κ1) is 21.4. The van der Waals surface area contributed by atoms with Crippen molar-refractivity contribution in [2.75, 3.05) is 18.5 Å². The van der Waals surface area contributed by atoms with Gasteiger partial charge in [-0.05, 0) is 68.3 Å². The molecular formula is C21H22ClNO5. The van der Waals surface area contributed by atoms with Gasteiger partial charge in [0.15, 0.2) is 12.4 Å². The van der Waals surface area contributed by atoms with E-state index in [-0.39, 0.29) is 18.8 Å². The number of benzene rings is 2. The molecule has 6 nitrogen and oxygen atoms in total. The minimum absolute atomic E-state index is 0.0537. The maximum atomic E-state index is 11.8. The van der Waals surface area contributed by atoms with Gasteiger partial charge in [-0.3, -0.25) is 14.4 Å². The number of esters is 1. The number of rotatable bonds is 9. The number of carbonyl (C=O) groups excluding carboxylic acids is 3. The second-order valence-electron chi connectivity index (χ2n) is 6.21. The Balaban J connectivity index is 1.64. The molecule has 0 spiro atoms. The fourth-order valence-electron chi connectivity index (χ4n) is 2.32. The van der Waals surface area contributed by atoms with Crippen molar-refractivity contribution >= 4 is 34.9 Å². The van der Waals surface area contributed by atoms with Gasteiger partial charge in [0.2, 0.25) is 0 Å². The second-order valence-corrected chi connectivity index (χ2v) is 6.61. The Labute approximate surface area is 168 Å². The van der Waals surface area contributed by atoms with E-state index in [1.54, 1.807) is 36.4 Å². The summed E-state index contributed by atoms with van der Waals surface area (Å²) in [6.07, 6.45) is 0.613. The van der Waals surface area contributed by atoms with Crippen LogP contribution in [0.5, 0.6) is 5.75 Å². The molecule has 1 N–H and O–H groups in total. The minimum Gasteiger partial charge on any atom is -0.494 e. The Hall–Kier alpha value is -2.86. The fraction of sp³-hybridized carbons (Fsp3) is 0.286. The minimum atomic E-state index is -0.474. The highest BCUT2D eigenvalue weighted by molar-refractivity contribution is 6.31. The predicted octanol–water partition coefficient (Wildman–Crippen LogP) is 4.19. The summed E-state index contributed by atoms with van der Waals surface area (Å²) in [5.74, 6) is -0.290. The molecule has 2 aromatic rings. The molecule has 0 saturated carbocycles. The van der Waals surface area contributed by atoms with Crippen molar-refractivity contribution < 1.29 is 23.9 Å². The smallest absolute Gasteiger partial charge is 0.306 e. The molecule has 0 aliphatic heterocycles. The van der Waals surface area contributed by atoms with E-state index in [9.17, 15) is 14.4 Å². The lowest BCUT2D eigenvalue weighted by molar-refractivity contribution is -0.147. The van der Waals surface area contributed by atoms with Crippen molar-refractivity contribution in [2.24, 2.45) is 0 Å². The van der Waals surface area contributed by atoms with E-state index in [1.165, 1.54) is 6.92 Å². The zero-order valence-electron chi connectivity index (χ0n) is 15.8. The molecule has 0 aliphatic rings. The molecule has 0 aliphatic carbocycles. The Kier molecular flexibility index (Phi) is 8.02. The van der Waals surface area contributed by atoms with Gasteiger partial charge in [-0.15, -0.1) is 0 Å². The molecule has 2 aromatic carbocycles. The van der Waals surface area contributed by atoms with Crippen LogP contribution in [0.3, 0.4) is 0 Å². The number of hydrogen-bond acceptors (Lipinski definition) is 5. The summed E-state index contributed by atoms with van der Waals surface area (Å²) < 4.78 is 10.5. The van der Waals surface area contributed by atoms with E-state index >= 15 is 0 Å². The molecule has 0 bridgehead atoms. The highest BCUT2D eigenvalue weighted by Gasteiger charge is 2.09. The molecule has 2 rings (SSSR count). The number of nitrogens with one attached hydrogen (secondary N) is 1. The molecule has 148 valence electrons. The summed E-state index contributed by atoms with van der Waals surface area (Å²) in [6.45, 7) is 3.33. The quantitative estimate of drug-likeness (QED) is 0.385. The molecule has 0 atom stereocenters. The van der Waals surface area contributed by atoms with Crippen molar-refractivity contribution in [1.29, 1.82) is 0 Å². The highest BCUT2D eigenvalue weighted by Crippen LogP contribution is 2.21. The third-order valence-corrected chi connectivity index (χ3v) is 4.29. The number of ether oxygens (including phenoxy) is 2. The van der Waals surface area contributed by atoms with Crippen LogP contribution in [-0.2, 0) is 14.3 Å². The molecule has 0 heterocycles. The lowest BCUT2D eigenvalue weighted by Gasteiger charge is -2.08. The first-order valence-corrected chi connectivity index (χ1v) is 9.18. The van der Waals surface area contributed by atoms with Crippen molar-refractivity contribution in [3.63, 3.8) is 0 Å². The highest BCUT2D eigenvalue weighted by atomic mass is 35.5. The number of carbonyl (C=O) groups is 3. The van der Waals surface area contributed by atoms with Crippen LogP contribution in [0, 0.1) is 6.92 Å². The van der Waals surface area contributed by atoms with Crippen molar-refractivity contribution in [1.82, 2.24) is 0 Å². The zero-order valence-corrected chi connectivity index (χ0v) is 16.5. The van der Waals surface area contributed by atoms with E-state index < -0.39 is 11.9 Å². The van der Waals surface area contributed by atoms with E-state index in [1.807, 2.05) is 13.0 Å². The lowest BCUT2D eigenvalue weighted by Crippen LogP contribution is -2.21. The van der Waals surface area contributed by atoms with Gasteiger partial charge in [-0.1, -0.05) is 11.6 Å². The Morgan fingerprint density at radius 2 is 1.79 bits per heavy atom. The zero-order chi connectivity index (χ0) is 20.5. The topological polar surface area (TPSA) is 81.7 Å². The normalized spacial score (nSPS) is 10.2. The number of anilines is 1. The van der Waals surface area contributed by atoms with Gasteiger partial charge in [0.05, 0.1) is 6.61 Å². The van der Waals surface area contributed by atoms with Gasteiger partial charge in [-0.2, -0.15) is 0 Å². The average molecular weight is 404 g/mol. The first-order chi connectivity index (χ1) is 13.3. The van der Waals surface area contributed by atoms with Gasteiger partial charge in [0.1, 0.15) is 5.75 Å². The lowest BCUT2D eigenvalue weighted by atomic mass is 10.1. The Morgan fingerprint density at radius 3 is 2.43 bits per heavy atom. The molecule has 0 radical (unpaired) electrons. The third-order valence-electron chi connectivity index (χ3n) is 3.86. The van der Waals surface area contributed by atoms with Crippen molar-refractivity contribution in [2.45, 2.75) is 26.7 Å². The van der Waals surface area contributed by atoms with E-state index in [0.717, 1.165) is 5.56 Å². The van der Waals surface area contributed by atoms with Gasteiger partial charge in [-0.25, -0.2) is 0 Å². The Morgan fingerprint density at radius 1 is 1.07 bits per heavy atom. The summed E-state index contributed by atoms with van der Waals surface area (Å²) in [4.78, 5) is 34.8. The molecule has 1 amide bonds. The average Bonchev–Trinajstić information content (AvgIpc) is 2.66. The van der Waals surface area contributed by atoms with Crippen molar-refractivity contribution in [3.8, 4) is 5.75 Å². The summed E-state index contributed by atoms with van der Waals surface area (Å²) in [5, 5.41) is 3.27. The molecule has 0 saturated heterocycles. The maximum absolute atomic E-state index is 11.8. The van der Waals surface area contributed by atoms with Crippen molar-refractivity contribution in [3.05, 3.63) is 58.6 Å². The van der Waals surface area contributed by atoms with Crippen LogP contribution in [0.15, 0.2) is 42.5 Å². The van der Waals surface area contributed by atoms with E-state index in [2.05, 4.69) is 5.32 Å². The van der Waals surface area contributed by atoms with Crippen LogP contribution in [0.2, 0.25) is 5.02 Å². The van der Waals surface area contributed by atoms with Crippen LogP contribution in [0.1, 0.15) is 35.7 Å². The summed E-state index contributed by atoms with van der Waals surface area (Å²) in [5.41, 5.74) is 2.00. The molecule has 28 heavy (non-hydrogen) atoms. The SMILES string of the molecule is CC(=O)c1ccc(NC(=O)COC(=O)CCCOc2ccc(Cl)c(C)c2)cc1. The number of aryl methyl sites for hydroxylation is 1. The number of halogens is 1. The van der Waals surface area contributed by atoms with Gasteiger partial charge < -0.3 is 14.8 Å². The van der Waals surface area contributed by atoms with Gasteiger partial charge in [0, 0.05) is 22.7 Å². The molecule has 0 fully saturated rings. The molecule has 0 unspecified atom stereocenters. The molecular weight excluding hydrogens is 382 g/mol. The first-order valence-electron chi connectivity index (χ1n) is 8.80. The van der Waals surface area contributed by atoms with Gasteiger partial charge >= 0.3 is 5.97 Å². The fourth-order valence-corrected chi connectivity index (χ4v) is 2.43. The summed E-state index contributed by atoms with van der Waals surface area (Å²) in [6, 6.07) is 11.8. The summed E-state index contributed by atoms with van der Waals surface area (Å²) in [7, 11) is 0. The molecule has 0 aromatic heterocycles. The third kappa shape index (κ3) is 7.04. The number of hydrogen-bond donors (Lipinski definition) is 1. The Bertz CT molecular complexity index is 848. The van der Waals surface area contributed by atoms with Crippen LogP contribution in [0.4, 0.5) is 5.69 Å². The number of ketones is 1.